The first-order chi connectivity index (χ1) is 11.4. The number of hydrogen-bond donors (Lipinski definition) is 1. The van der Waals surface area contributed by atoms with Gasteiger partial charge in [0.1, 0.15) is 11.8 Å². The standard InChI is InChI=1S/C17H26N4O3/c1-18-17(23)15-11-20(4)8-9-21(15)16(22)12-24-14-7-5-6-13(10-14)19(2)3/h5-7,10,15H,8-9,11-12H2,1-4H3,(H,18,23). The molecule has 1 saturated heterocycles. The average molecular weight is 334 g/mol. The molecule has 1 aliphatic heterocycles. The van der Waals surface area contributed by atoms with Crippen LogP contribution in [0.25, 0.3) is 0 Å². The van der Waals surface area contributed by atoms with Gasteiger partial charge in [0.2, 0.25) is 5.91 Å². The monoisotopic (exact) mass is 334 g/mol. The molecule has 24 heavy (non-hydrogen) atoms. The van der Waals surface area contributed by atoms with Crippen molar-refractivity contribution in [2.75, 3.05) is 59.3 Å². The summed E-state index contributed by atoms with van der Waals surface area (Å²) in [5.41, 5.74) is 1.00. The lowest BCUT2D eigenvalue weighted by Crippen LogP contribution is -2.60. The number of piperazine rings is 1. The first-order valence-electron chi connectivity index (χ1n) is 8.02. The predicted octanol–water partition coefficient (Wildman–Crippen LogP) is 0.0200. The number of rotatable bonds is 5. The first kappa shape index (κ1) is 18.1. The molecule has 132 valence electrons. The summed E-state index contributed by atoms with van der Waals surface area (Å²) in [6.45, 7) is 1.72. The third-order valence-electron chi connectivity index (χ3n) is 4.15. The Bertz CT molecular complexity index is 591. The van der Waals surface area contributed by atoms with Gasteiger partial charge in [-0.05, 0) is 19.2 Å². The van der Waals surface area contributed by atoms with Gasteiger partial charge in [0, 0.05) is 52.5 Å². The number of ether oxygens (including phenoxy) is 1. The minimum absolute atomic E-state index is 0.0753. The van der Waals surface area contributed by atoms with Crippen molar-refractivity contribution in [2.45, 2.75) is 6.04 Å². The van der Waals surface area contributed by atoms with Gasteiger partial charge in [-0.3, -0.25) is 9.59 Å². The van der Waals surface area contributed by atoms with Crippen LogP contribution in [0.15, 0.2) is 24.3 Å². The van der Waals surface area contributed by atoms with Crippen molar-refractivity contribution in [1.82, 2.24) is 15.1 Å². The molecule has 0 bridgehead atoms. The van der Waals surface area contributed by atoms with E-state index in [9.17, 15) is 9.59 Å². The van der Waals surface area contributed by atoms with Crippen molar-refractivity contribution >= 4 is 17.5 Å². The van der Waals surface area contributed by atoms with Crippen molar-refractivity contribution in [3.8, 4) is 5.75 Å². The molecule has 0 spiro atoms. The molecule has 1 atom stereocenters. The minimum Gasteiger partial charge on any atom is -0.484 e. The van der Waals surface area contributed by atoms with Gasteiger partial charge in [0.25, 0.3) is 5.91 Å². The van der Waals surface area contributed by atoms with Gasteiger partial charge in [-0.15, -0.1) is 0 Å². The normalized spacial score (nSPS) is 18.2. The van der Waals surface area contributed by atoms with E-state index >= 15 is 0 Å². The highest BCUT2D eigenvalue weighted by Gasteiger charge is 2.33. The minimum atomic E-state index is -0.474. The van der Waals surface area contributed by atoms with Crippen molar-refractivity contribution in [2.24, 2.45) is 0 Å². The quantitative estimate of drug-likeness (QED) is 0.822. The van der Waals surface area contributed by atoms with E-state index in [0.29, 0.717) is 18.8 Å². The molecule has 1 aromatic carbocycles. The van der Waals surface area contributed by atoms with E-state index in [1.54, 1.807) is 11.9 Å². The molecule has 1 aromatic rings. The van der Waals surface area contributed by atoms with E-state index in [-0.39, 0.29) is 18.4 Å². The summed E-state index contributed by atoms with van der Waals surface area (Å²) in [6, 6.07) is 7.08. The highest BCUT2D eigenvalue weighted by atomic mass is 16.5. The van der Waals surface area contributed by atoms with Crippen molar-refractivity contribution in [1.29, 1.82) is 0 Å². The van der Waals surface area contributed by atoms with Crippen LogP contribution in [0, 0.1) is 0 Å². The van der Waals surface area contributed by atoms with Gasteiger partial charge in [0.05, 0.1) is 0 Å². The Kier molecular flexibility index (Phi) is 6.03. The molecule has 1 fully saturated rings. The van der Waals surface area contributed by atoms with E-state index in [1.807, 2.05) is 55.2 Å². The fraction of sp³-hybridized carbons (Fsp3) is 0.529. The van der Waals surface area contributed by atoms with Gasteiger partial charge in [-0.2, -0.15) is 0 Å². The van der Waals surface area contributed by atoms with Crippen LogP contribution in [0.5, 0.6) is 5.75 Å². The van der Waals surface area contributed by atoms with E-state index in [1.165, 1.54) is 0 Å². The summed E-state index contributed by atoms with van der Waals surface area (Å²) in [5, 5.41) is 2.63. The zero-order valence-electron chi connectivity index (χ0n) is 14.8. The lowest BCUT2D eigenvalue weighted by molar-refractivity contribution is -0.144. The second kappa shape index (κ2) is 8.01. The predicted molar refractivity (Wildman–Crippen MR) is 93.3 cm³/mol. The highest BCUT2D eigenvalue weighted by Crippen LogP contribution is 2.19. The van der Waals surface area contributed by atoms with Crippen molar-refractivity contribution in [3.63, 3.8) is 0 Å². The maximum atomic E-state index is 12.5. The van der Waals surface area contributed by atoms with Crippen molar-refractivity contribution in [3.05, 3.63) is 24.3 Å². The number of likely N-dealkylation sites (N-methyl/N-ethyl adjacent to an activating group) is 2. The number of benzene rings is 1. The van der Waals surface area contributed by atoms with E-state index < -0.39 is 6.04 Å². The number of nitrogens with zero attached hydrogens (tertiary/aromatic N) is 3. The molecule has 0 aromatic heterocycles. The molecule has 0 radical (unpaired) electrons. The molecular weight excluding hydrogens is 308 g/mol. The lowest BCUT2D eigenvalue weighted by Gasteiger charge is -2.38. The molecule has 1 heterocycles. The van der Waals surface area contributed by atoms with Crippen LogP contribution in [0.2, 0.25) is 0 Å². The zero-order chi connectivity index (χ0) is 17.7. The fourth-order valence-corrected chi connectivity index (χ4v) is 2.69. The Labute approximate surface area is 143 Å². The summed E-state index contributed by atoms with van der Waals surface area (Å²) in [5.74, 6) is 0.316. The van der Waals surface area contributed by atoms with E-state index in [0.717, 1.165) is 12.2 Å². The molecule has 2 rings (SSSR count). The van der Waals surface area contributed by atoms with Gasteiger partial charge in [-0.1, -0.05) is 6.07 Å². The second-order valence-electron chi connectivity index (χ2n) is 6.16. The lowest BCUT2D eigenvalue weighted by atomic mass is 10.1. The van der Waals surface area contributed by atoms with Crippen LogP contribution < -0.4 is 15.0 Å². The van der Waals surface area contributed by atoms with Crippen LogP contribution in [0.1, 0.15) is 0 Å². The van der Waals surface area contributed by atoms with E-state index in [4.69, 9.17) is 4.74 Å². The number of nitrogens with one attached hydrogen (secondary N) is 1. The largest absolute Gasteiger partial charge is 0.484 e. The van der Waals surface area contributed by atoms with Gasteiger partial charge in [0.15, 0.2) is 6.61 Å². The highest BCUT2D eigenvalue weighted by molar-refractivity contribution is 5.88. The smallest absolute Gasteiger partial charge is 0.261 e. The SMILES string of the molecule is CNC(=O)C1CN(C)CCN1C(=O)COc1cccc(N(C)C)c1. The molecule has 7 heteroatoms. The topological polar surface area (TPSA) is 65.1 Å². The molecule has 2 amide bonds. The Balaban J connectivity index is 2.00. The molecule has 7 nitrogen and oxygen atoms in total. The summed E-state index contributed by atoms with van der Waals surface area (Å²) in [7, 11) is 7.43. The molecule has 1 N–H and O–H groups in total. The summed E-state index contributed by atoms with van der Waals surface area (Å²) in [4.78, 5) is 30.2. The van der Waals surface area contributed by atoms with Gasteiger partial charge in [-0.25, -0.2) is 0 Å². The van der Waals surface area contributed by atoms with Crippen LogP contribution in [-0.4, -0.2) is 82.1 Å². The van der Waals surface area contributed by atoms with E-state index in [2.05, 4.69) is 5.32 Å². The molecule has 1 unspecified atom stereocenters. The van der Waals surface area contributed by atoms with Crippen LogP contribution in [0.4, 0.5) is 5.69 Å². The molecule has 0 saturated carbocycles. The Morgan fingerprint density at radius 2 is 2.08 bits per heavy atom. The average Bonchev–Trinajstić information content (AvgIpc) is 2.59. The summed E-state index contributed by atoms with van der Waals surface area (Å²) >= 11 is 0. The second-order valence-corrected chi connectivity index (χ2v) is 6.16. The number of hydrogen-bond acceptors (Lipinski definition) is 5. The van der Waals surface area contributed by atoms with Crippen molar-refractivity contribution < 1.29 is 14.3 Å². The van der Waals surface area contributed by atoms with Gasteiger partial charge >= 0.3 is 0 Å². The maximum Gasteiger partial charge on any atom is 0.261 e. The van der Waals surface area contributed by atoms with Gasteiger partial charge < -0.3 is 24.8 Å². The zero-order valence-corrected chi connectivity index (χ0v) is 14.8. The third kappa shape index (κ3) is 4.38. The third-order valence-corrected chi connectivity index (χ3v) is 4.15. The number of amides is 2. The Morgan fingerprint density at radius 1 is 1.33 bits per heavy atom. The van der Waals surface area contributed by atoms with Crippen LogP contribution in [-0.2, 0) is 9.59 Å². The molecular formula is C17H26N4O3. The first-order valence-corrected chi connectivity index (χ1v) is 8.02. The van der Waals surface area contributed by atoms with Crippen LogP contribution in [0.3, 0.4) is 0 Å². The Morgan fingerprint density at radius 3 is 2.75 bits per heavy atom. The van der Waals surface area contributed by atoms with Crippen LogP contribution >= 0.6 is 0 Å². The summed E-state index contributed by atoms with van der Waals surface area (Å²) < 4.78 is 5.64. The fourth-order valence-electron chi connectivity index (χ4n) is 2.69. The molecule has 0 aliphatic carbocycles. The number of anilines is 1. The summed E-state index contributed by atoms with van der Waals surface area (Å²) in [6.07, 6.45) is 0. The maximum absolute atomic E-state index is 12.5. The number of carbonyl (C=O) groups is 2. The number of carbonyl (C=O) groups excluding carboxylic acids is 2. The Hall–Kier alpha value is -2.28. The molecule has 1 aliphatic rings.